The van der Waals surface area contributed by atoms with Crippen LogP contribution < -0.4 is 14.8 Å². The third kappa shape index (κ3) is 3.09. The van der Waals surface area contributed by atoms with Gasteiger partial charge in [0, 0.05) is 11.6 Å². The largest absolute Gasteiger partial charge is 0.493 e. The number of carbonyl (C=O) groups is 1. The molecule has 2 aromatic carbocycles. The Morgan fingerprint density at radius 2 is 1.82 bits per heavy atom. The summed E-state index contributed by atoms with van der Waals surface area (Å²) in [5.41, 5.74) is 2.68. The fourth-order valence-corrected chi connectivity index (χ4v) is 3.48. The second-order valence-electron chi connectivity index (χ2n) is 6.52. The topological polar surface area (TPSA) is 65.4 Å². The van der Waals surface area contributed by atoms with Gasteiger partial charge in [-0.15, -0.1) is 0 Å². The summed E-state index contributed by atoms with van der Waals surface area (Å²) >= 11 is 0. The molecular formula is C21H20FN3O3. The molecule has 144 valence electrons. The minimum atomic E-state index is -0.683. The van der Waals surface area contributed by atoms with Crippen LogP contribution in [0, 0.1) is 5.82 Å². The first-order chi connectivity index (χ1) is 13.6. The Morgan fingerprint density at radius 3 is 2.54 bits per heavy atom. The number of ether oxygens (including phenoxy) is 2. The molecule has 0 atom stereocenters. The van der Waals surface area contributed by atoms with Crippen molar-refractivity contribution in [2.24, 2.45) is 0 Å². The number of halogens is 1. The van der Waals surface area contributed by atoms with E-state index in [4.69, 9.17) is 9.47 Å². The van der Waals surface area contributed by atoms with E-state index < -0.39 is 11.7 Å². The monoisotopic (exact) mass is 381 g/mol. The number of benzene rings is 2. The van der Waals surface area contributed by atoms with Crippen LogP contribution >= 0.6 is 0 Å². The van der Waals surface area contributed by atoms with Crippen molar-refractivity contribution in [2.45, 2.75) is 19.3 Å². The molecular weight excluding hydrogens is 361 g/mol. The van der Waals surface area contributed by atoms with Crippen molar-refractivity contribution in [1.29, 1.82) is 0 Å². The number of carbonyl (C=O) groups excluding carboxylic acids is 1. The zero-order valence-corrected chi connectivity index (χ0v) is 15.7. The summed E-state index contributed by atoms with van der Waals surface area (Å²) in [4.78, 5) is 12.9. The summed E-state index contributed by atoms with van der Waals surface area (Å²) in [6.45, 7) is 0. The van der Waals surface area contributed by atoms with Crippen LogP contribution in [-0.2, 0) is 12.8 Å². The Hall–Kier alpha value is -3.35. The van der Waals surface area contributed by atoms with Crippen molar-refractivity contribution in [3.8, 4) is 17.2 Å². The van der Waals surface area contributed by atoms with Crippen molar-refractivity contribution >= 4 is 11.7 Å². The van der Waals surface area contributed by atoms with Gasteiger partial charge < -0.3 is 14.8 Å². The normalized spacial score (nSPS) is 12.5. The molecule has 7 heteroatoms. The van der Waals surface area contributed by atoms with E-state index in [1.165, 1.54) is 20.3 Å². The van der Waals surface area contributed by atoms with E-state index in [0.717, 1.165) is 42.3 Å². The highest BCUT2D eigenvalue weighted by molar-refractivity contribution is 6.05. The van der Waals surface area contributed by atoms with Crippen LogP contribution in [0.4, 0.5) is 10.2 Å². The fourth-order valence-electron chi connectivity index (χ4n) is 3.48. The molecule has 0 fully saturated rings. The summed E-state index contributed by atoms with van der Waals surface area (Å²) in [6, 6.07) is 12.0. The number of rotatable bonds is 5. The van der Waals surface area contributed by atoms with Gasteiger partial charge in [-0.25, -0.2) is 9.07 Å². The van der Waals surface area contributed by atoms with Gasteiger partial charge in [-0.2, -0.15) is 5.10 Å². The molecule has 1 amide bonds. The van der Waals surface area contributed by atoms with Crippen molar-refractivity contribution in [2.75, 3.05) is 19.5 Å². The van der Waals surface area contributed by atoms with Gasteiger partial charge in [-0.05, 0) is 37.5 Å². The number of aromatic nitrogens is 2. The highest BCUT2D eigenvalue weighted by atomic mass is 19.1. The van der Waals surface area contributed by atoms with Crippen LogP contribution in [0.15, 0.2) is 42.5 Å². The molecule has 28 heavy (non-hydrogen) atoms. The summed E-state index contributed by atoms with van der Waals surface area (Å²) in [5.74, 6) is -0.150. The summed E-state index contributed by atoms with van der Waals surface area (Å²) < 4.78 is 26.5. The van der Waals surface area contributed by atoms with Crippen LogP contribution in [0.1, 0.15) is 28.0 Å². The molecule has 0 spiro atoms. The molecule has 0 bridgehead atoms. The van der Waals surface area contributed by atoms with E-state index in [9.17, 15) is 9.18 Å². The lowest BCUT2D eigenvalue weighted by molar-refractivity contribution is 0.102. The van der Waals surface area contributed by atoms with Crippen LogP contribution in [0.5, 0.6) is 11.5 Å². The maximum atomic E-state index is 14.5. The molecule has 6 nitrogen and oxygen atoms in total. The fraction of sp³-hybridized carbons (Fsp3) is 0.238. The third-order valence-corrected chi connectivity index (χ3v) is 4.86. The summed E-state index contributed by atoms with van der Waals surface area (Å²) in [5, 5.41) is 7.52. The standard InChI is InChI=1S/C21H20FN3O3/c1-27-18-11-15(16(22)12-19(18)28-2)21(26)23-20-14-9-6-10-17(14)24-25(20)13-7-4-3-5-8-13/h3-5,7-8,11-12H,6,9-10H2,1-2H3,(H,23,26). The lowest BCUT2D eigenvalue weighted by Gasteiger charge is -2.13. The van der Waals surface area contributed by atoms with Gasteiger partial charge >= 0.3 is 0 Å². The minimum absolute atomic E-state index is 0.120. The number of anilines is 1. The molecule has 0 aliphatic heterocycles. The van der Waals surface area contributed by atoms with Crippen molar-refractivity contribution in [1.82, 2.24) is 9.78 Å². The lowest BCUT2D eigenvalue weighted by atomic mass is 10.1. The second-order valence-corrected chi connectivity index (χ2v) is 6.52. The third-order valence-electron chi connectivity index (χ3n) is 4.86. The molecule has 0 radical (unpaired) electrons. The number of aryl methyl sites for hydroxylation is 1. The average Bonchev–Trinajstić information content (AvgIpc) is 3.31. The first-order valence-corrected chi connectivity index (χ1v) is 9.01. The molecule has 1 aromatic heterocycles. The van der Waals surface area contributed by atoms with E-state index in [2.05, 4.69) is 10.4 Å². The van der Waals surface area contributed by atoms with Crippen LogP contribution in [0.3, 0.4) is 0 Å². The van der Waals surface area contributed by atoms with Crippen molar-refractivity contribution in [3.05, 3.63) is 65.1 Å². The number of hydrogen-bond donors (Lipinski definition) is 1. The molecule has 0 saturated heterocycles. The van der Waals surface area contributed by atoms with E-state index in [-0.39, 0.29) is 17.1 Å². The van der Waals surface area contributed by atoms with Crippen LogP contribution in [-0.4, -0.2) is 29.9 Å². The number of methoxy groups -OCH3 is 2. The van der Waals surface area contributed by atoms with Gasteiger partial charge in [-0.1, -0.05) is 18.2 Å². The first-order valence-electron chi connectivity index (χ1n) is 9.01. The summed E-state index contributed by atoms with van der Waals surface area (Å²) in [6.07, 6.45) is 2.68. The molecule has 3 aromatic rings. The molecule has 1 aliphatic rings. The predicted octanol–water partition coefficient (Wildman–Crippen LogP) is 3.77. The van der Waals surface area contributed by atoms with E-state index in [1.807, 2.05) is 30.3 Å². The number of hydrogen-bond acceptors (Lipinski definition) is 4. The zero-order chi connectivity index (χ0) is 19.7. The number of nitrogens with one attached hydrogen (secondary N) is 1. The number of para-hydroxylation sites is 1. The van der Waals surface area contributed by atoms with Gasteiger partial charge in [0.2, 0.25) is 0 Å². The van der Waals surface area contributed by atoms with E-state index in [1.54, 1.807) is 4.68 Å². The lowest BCUT2D eigenvalue weighted by Crippen LogP contribution is -2.18. The van der Waals surface area contributed by atoms with Gasteiger partial charge in [-0.3, -0.25) is 4.79 Å². The second kappa shape index (κ2) is 7.34. The minimum Gasteiger partial charge on any atom is -0.493 e. The van der Waals surface area contributed by atoms with E-state index in [0.29, 0.717) is 5.82 Å². The van der Waals surface area contributed by atoms with E-state index >= 15 is 0 Å². The van der Waals surface area contributed by atoms with Gasteiger partial charge in [0.05, 0.1) is 31.2 Å². The number of fused-ring (bicyclic) bond motifs is 1. The predicted molar refractivity (Wildman–Crippen MR) is 103 cm³/mol. The molecule has 4 rings (SSSR count). The number of amides is 1. The molecule has 0 unspecified atom stereocenters. The maximum absolute atomic E-state index is 14.5. The van der Waals surface area contributed by atoms with Gasteiger partial charge in [0.25, 0.3) is 5.91 Å². The molecule has 0 saturated carbocycles. The van der Waals surface area contributed by atoms with Gasteiger partial charge in [0.15, 0.2) is 11.5 Å². The van der Waals surface area contributed by atoms with Crippen LogP contribution in [0.2, 0.25) is 0 Å². The average molecular weight is 381 g/mol. The SMILES string of the molecule is COc1cc(F)c(C(=O)Nc2c3c(nn2-c2ccccc2)CCC3)cc1OC. The van der Waals surface area contributed by atoms with Crippen LogP contribution in [0.25, 0.3) is 5.69 Å². The number of nitrogens with zero attached hydrogens (tertiary/aromatic N) is 2. The Labute approximate surface area is 161 Å². The Balaban J connectivity index is 1.73. The van der Waals surface area contributed by atoms with Gasteiger partial charge in [0.1, 0.15) is 11.6 Å². The zero-order valence-electron chi connectivity index (χ0n) is 15.7. The maximum Gasteiger partial charge on any atom is 0.259 e. The highest BCUT2D eigenvalue weighted by Gasteiger charge is 2.26. The summed E-state index contributed by atoms with van der Waals surface area (Å²) in [7, 11) is 2.85. The molecule has 1 aliphatic carbocycles. The van der Waals surface area contributed by atoms with Crippen molar-refractivity contribution in [3.63, 3.8) is 0 Å². The quantitative estimate of drug-likeness (QED) is 0.731. The first kappa shape index (κ1) is 18.0. The Morgan fingerprint density at radius 1 is 1.11 bits per heavy atom. The Bertz CT molecular complexity index is 1030. The van der Waals surface area contributed by atoms with Crippen molar-refractivity contribution < 1.29 is 18.7 Å². The highest BCUT2D eigenvalue weighted by Crippen LogP contribution is 2.33. The molecule has 1 N–H and O–H groups in total. The Kier molecular flexibility index (Phi) is 4.73. The smallest absolute Gasteiger partial charge is 0.259 e. The molecule has 1 heterocycles.